The molecule has 1 aliphatic heterocycles. The first-order valence-electron chi connectivity index (χ1n) is 10.7. The summed E-state index contributed by atoms with van der Waals surface area (Å²) in [4.78, 5) is 37.7. The summed E-state index contributed by atoms with van der Waals surface area (Å²) in [6, 6.07) is 15.1. The number of ether oxygens (including phenoxy) is 1. The normalized spacial score (nSPS) is 15.6. The summed E-state index contributed by atoms with van der Waals surface area (Å²) in [7, 11) is 0. The molecule has 1 fully saturated rings. The minimum atomic E-state index is -2.07. The van der Waals surface area contributed by atoms with Gasteiger partial charge in [-0.15, -0.1) is 0 Å². The Balaban J connectivity index is 1.44. The number of hydrogen-bond donors (Lipinski definition) is 1. The van der Waals surface area contributed by atoms with Crippen molar-refractivity contribution in [2.24, 2.45) is 0 Å². The van der Waals surface area contributed by atoms with Crippen LogP contribution < -0.4 is 10.1 Å². The number of benzene rings is 2. The van der Waals surface area contributed by atoms with E-state index in [4.69, 9.17) is 56.2 Å². The van der Waals surface area contributed by atoms with E-state index in [2.05, 4.69) is 5.32 Å². The van der Waals surface area contributed by atoms with Gasteiger partial charge in [0.05, 0.1) is 22.6 Å². The number of rotatable bonds is 8. The maximum atomic E-state index is 12.8. The number of halogens is 3. The number of carbonyl (C=O) groups is 2. The molecule has 4 rings (SSSR count). The van der Waals surface area contributed by atoms with Gasteiger partial charge in [-0.05, 0) is 42.0 Å². The summed E-state index contributed by atoms with van der Waals surface area (Å²) in [5.74, 6) is -0.108. The minimum Gasteiger partial charge on any atom is -0.467 e. The van der Waals surface area contributed by atoms with Crippen LogP contribution in [0.25, 0.3) is 6.08 Å². The van der Waals surface area contributed by atoms with E-state index in [9.17, 15) is 19.7 Å². The molecule has 0 unspecified atom stereocenters. The number of nitrogens with zero attached hydrogens (tertiary/aromatic N) is 2. The molecular weight excluding hydrogens is 597 g/mol. The van der Waals surface area contributed by atoms with Crippen LogP contribution >= 0.6 is 58.8 Å². The second kappa shape index (κ2) is 11.7. The number of non-ortho nitro benzene ring substituents is 1. The number of nitrogens with one attached hydrogen (secondary N) is 1. The predicted molar refractivity (Wildman–Crippen MR) is 149 cm³/mol. The quantitative estimate of drug-likeness (QED) is 0.0811. The molecule has 1 N–H and O–H groups in total. The number of alkyl halides is 3. The minimum absolute atomic E-state index is 0.0123. The Morgan fingerprint density at radius 2 is 1.95 bits per heavy atom. The zero-order valence-corrected chi connectivity index (χ0v) is 22.9. The van der Waals surface area contributed by atoms with Gasteiger partial charge >= 0.3 is 0 Å². The number of carbonyl (C=O) groups excluding carboxylic acids is 2. The van der Waals surface area contributed by atoms with Crippen molar-refractivity contribution in [2.75, 3.05) is 0 Å². The lowest BCUT2D eigenvalue weighted by molar-refractivity contribution is -0.384. The Hall–Kier alpha value is -3.09. The van der Waals surface area contributed by atoms with E-state index in [0.717, 1.165) is 6.07 Å². The highest BCUT2D eigenvalue weighted by atomic mass is 35.6. The van der Waals surface area contributed by atoms with Crippen molar-refractivity contribution in [3.63, 3.8) is 0 Å². The average Bonchev–Trinajstić information content (AvgIpc) is 3.48. The molecule has 3 aromatic rings. The van der Waals surface area contributed by atoms with E-state index in [1.54, 1.807) is 42.5 Å². The molecule has 0 bridgehead atoms. The predicted octanol–water partition coefficient (Wildman–Crippen LogP) is 6.09. The van der Waals surface area contributed by atoms with E-state index in [1.807, 2.05) is 0 Å². The Bertz CT molecular complexity index is 1410. The van der Waals surface area contributed by atoms with Crippen LogP contribution in [0, 0.1) is 10.1 Å². The van der Waals surface area contributed by atoms with Gasteiger partial charge in [-0.25, -0.2) is 0 Å². The van der Waals surface area contributed by atoms with Crippen molar-refractivity contribution in [2.45, 2.75) is 16.6 Å². The van der Waals surface area contributed by atoms with Crippen LogP contribution in [-0.4, -0.2) is 36.0 Å². The summed E-state index contributed by atoms with van der Waals surface area (Å²) in [6.07, 6.45) is 1.78. The van der Waals surface area contributed by atoms with Crippen molar-refractivity contribution in [1.82, 2.24) is 10.2 Å². The lowest BCUT2D eigenvalue weighted by Crippen LogP contribution is -2.47. The van der Waals surface area contributed by atoms with E-state index in [-0.39, 0.29) is 29.5 Å². The fourth-order valence-corrected chi connectivity index (χ4v) is 4.82. The molecule has 9 nitrogen and oxygen atoms in total. The number of nitro benzene ring substituents is 1. The highest BCUT2D eigenvalue weighted by Gasteiger charge is 2.37. The largest absolute Gasteiger partial charge is 0.467 e. The Morgan fingerprint density at radius 1 is 1.21 bits per heavy atom. The standard InChI is InChI=1S/C24H16Cl3N3O6S2/c25-24(26,27)22(28-20(31)15-3-1-4-16(12-15)30(33)34)36-17-8-6-14(7-9-17)11-19-21(32)29(23(37)38-19)13-18-5-2-10-35-18/h1-12,22H,13H2,(H,28,31)/b19-11-/t22-/m1/s1. The third kappa shape index (κ3) is 6.86. The van der Waals surface area contributed by atoms with Crippen LogP contribution in [0.5, 0.6) is 5.75 Å². The summed E-state index contributed by atoms with van der Waals surface area (Å²) < 4.78 is 9.34. The highest BCUT2D eigenvalue weighted by Crippen LogP contribution is 2.35. The van der Waals surface area contributed by atoms with Crippen LogP contribution in [-0.2, 0) is 11.3 Å². The molecule has 1 aliphatic rings. The summed E-state index contributed by atoms with van der Waals surface area (Å²) in [6.45, 7) is 0.238. The van der Waals surface area contributed by atoms with Crippen molar-refractivity contribution in [3.05, 3.63) is 98.8 Å². The molecule has 2 heterocycles. The van der Waals surface area contributed by atoms with Gasteiger partial charge in [0.2, 0.25) is 10.0 Å². The molecule has 38 heavy (non-hydrogen) atoms. The van der Waals surface area contributed by atoms with Crippen LogP contribution in [0.15, 0.2) is 76.2 Å². The third-order valence-corrected chi connectivity index (χ3v) is 7.05. The fourth-order valence-electron chi connectivity index (χ4n) is 3.27. The SMILES string of the molecule is O=C(N[C@H](Oc1ccc(/C=C2\SC(=S)N(Cc3ccco3)C2=O)cc1)C(Cl)(Cl)Cl)c1cccc([N+](=O)[O-])c1. The molecule has 2 aromatic carbocycles. The Labute approximate surface area is 240 Å². The molecule has 1 saturated heterocycles. The van der Waals surface area contributed by atoms with Crippen molar-refractivity contribution in [3.8, 4) is 5.75 Å². The number of furan rings is 1. The second-order valence-electron chi connectivity index (χ2n) is 7.74. The molecule has 2 amide bonds. The van der Waals surface area contributed by atoms with Gasteiger partial charge < -0.3 is 14.5 Å². The highest BCUT2D eigenvalue weighted by molar-refractivity contribution is 8.26. The second-order valence-corrected chi connectivity index (χ2v) is 11.8. The van der Waals surface area contributed by atoms with Gasteiger partial charge in [-0.3, -0.25) is 24.6 Å². The maximum absolute atomic E-state index is 12.8. The first-order chi connectivity index (χ1) is 18.0. The first kappa shape index (κ1) is 27.9. The monoisotopic (exact) mass is 611 g/mol. The molecule has 14 heteroatoms. The van der Waals surface area contributed by atoms with Crippen LogP contribution in [0.3, 0.4) is 0 Å². The van der Waals surface area contributed by atoms with Crippen LogP contribution in [0.4, 0.5) is 5.69 Å². The molecule has 1 aromatic heterocycles. The van der Waals surface area contributed by atoms with Crippen LogP contribution in [0.2, 0.25) is 0 Å². The number of nitro groups is 1. The smallest absolute Gasteiger partial charge is 0.270 e. The van der Waals surface area contributed by atoms with Crippen LogP contribution in [0.1, 0.15) is 21.7 Å². The molecule has 0 spiro atoms. The van der Waals surface area contributed by atoms with Gasteiger partial charge in [0.25, 0.3) is 17.5 Å². The number of thioether (sulfide) groups is 1. The molecule has 0 saturated carbocycles. The lowest BCUT2D eigenvalue weighted by Gasteiger charge is -2.26. The summed E-state index contributed by atoms with van der Waals surface area (Å²) in [5, 5.41) is 13.4. The summed E-state index contributed by atoms with van der Waals surface area (Å²) >= 11 is 24.5. The van der Waals surface area contributed by atoms with Gasteiger partial charge in [-0.2, -0.15) is 0 Å². The lowest BCUT2D eigenvalue weighted by atomic mass is 10.2. The Morgan fingerprint density at radius 3 is 2.58 bits per heavy atom. The van der Waals surface area contributed by atoms with Gasteiger partial charge in [0.15, 0.2) is 0 Å². The van der Waals surface area contributed by atoms with E-state index in [1.165, 1.54) is 41.1 Å². The zero-order valence-electron chi connectivity index (χ0n) is 19.0. The maximum Gasteiger partial charge on any atom is 0.270 e. The van der Waals surface area contributed by atoms with E-state index in [0.29, 0.717) is 20.5 Å². The third-order valence-electron chi connectivity index (χ3n) is 5.08. The van der Waals surface area contributed by atoms with Gasteiger partial charge in [0, 0.05) is 17.7 Å². The van der Waals surface area contributed by atoms with E-state index < -0.39 is 20.9 Å². The molecular formula is C24H16Cl3N3O6S2. The molecule has 0 radical (unpaired) electrons. The average molecular weight is 613 g/mol. The zero-order chi connectivity index (χ0) is 27.4. The molecule has 196 valence electrons. The van der Waals surface area contributed by atoms with Gasteiger partial charge in [0.1, 0.15) is 15.8 Å². The van der Waals surface area contributed by atoms with Crippen molar-refractivity contribution in [1.29, 1.82) is 0 Å². The topological polar surface area (TPSA) is 115 Å². The van der Waals surface area contributed by atoms with Crippen molar-refractivity contribution < 1.29 is 23.7 Å². The number of thiocarbonyl (C=S) groups is 1. The van der Waals surface area contributed by atoms with E-state index >= 15 is 0 Å². The first-order valence-corrected chi connectivity index (χ1v) is 13.0. The van der Waals surface area contributed by atoms with Crippen molar-refractivity contribution >= 4 is 86.7 Å². The van der Waals surface area contributed by atoms with Gasteiger partial charge in [-0.1, -0.05) is 77.0 Å². The Kier molecular flexibility index (Phi) is 8.64. The number of hydrogen-bond acceptors (Lipinski definition) is 8. The number of amides is 2. The summed E-state index contributed by atoms with van der Waals surface area (Å²) in [5.41, 5.74) is 0.404. The fraction of sp³-hybridized carbons (Fsp3) is 0.125. The molecule has 0 aliphatic carbocycles. The molecule has 1 atom stereocenters.